The average molecular weight is 366 g/mol. The molecule has 0 aliphatic carbocycles. The summed E-state index contributed by atoms with van der Waals surface area (Å²) in [7, 11) is -3.32. The van der Waals surface area contributed by atoms with Crippen LogP contribution in [0.1, 0.15) is 31.3 Å². The van der Waals surface area contributed by atoms with Crippen molar-refractivity contribution < 1.29 is 13.2 Å². The van der Waals surface area contributed by atoms with Gasteiger partial charge in [0, 0.05) is 29.3 Å². The van der Waals surface area contributed by atoms with Crippen molar-refractivity contribution in [1.82, 2.24) is 14.6 Å². The molecule has 0 bridgehead atoms. The molecule has 0 aliphatic rings. The highest BCUT2D eigenvalue weighted by atomic mass is 79.9. The van der Waals surface area contributed by atoms with Gasteiger partial charge in [-0.2, -0.15) is 0 Å². The van der Waals surface area contributed by atoms with Crippen molar-refractivity contribution in [2.75, 3.05) is 12.8 Å². The Morgan fingerprint density at radius 1 is 1.45 bits per heavy atom. The highest BCUT2D eigenvalue weighted by Gasteiger charge is 2.23. The molecule has 0 saturated carbocycles. The predicted molar refractivity (Wildman–Crippen MR) is 82.2 cm³/mol. The number of carbonyl (C=O) groups is 1. The lowest BCUT2D eigenvalue weighted by Gasteiger charge is -2.25. The molecule has 8 heteroatoms. The van der Waals surface area contributed by atoms with Crippen molar-refractivity contribution >= 4 is 31.9 Å². The molecule has 114 valence electrons. The summed E-state index contributed by atoms with van der Waals surface area (Å²) < 4.78 is 27.6. The first-order valence-corrected chi connectivity index (χ1v) is 8.85. The molecule has 1 aromatic rings. The minimum Gasteiger partial charge on any atom is -0.349 e. The molecule has 0 aromatic carbocycles. The zero-order valence-corrected chi connectivity index (χ0v) is 14.4. The number of aryl methyl sites for hydroxylation is 1. The van der Waals surface area contributed by atoms with Gasteiger partial charge in [0.2, 0.25) is 10.0 Å². The molecule has 6 nitrogen and oxygen atoms in total. The van der Waals surface area contributed by atoms with Crippen LogP contribution in [0.25, 0.3) is 0 Å². The van der Waals surface area contributed by atoms with Crippen molar-refractivity contribution in [3.05, 3.63) is 22.4 Å². The van der Waals surface area contributed by atoms with Gasteiger partial charge in [-0.05, 0) is 42.8 Å². The molecular formula is C12H20BrN3O3S. The topological polar surface area (TPSA) is 80.2 Å². The number of sulfonamides is 1. The number of amides is 1. The standard InChI is InChI=1S/C12H20BrN3O3S/c1-5-16-7-9(13)6-10(16)11(17)14-8-12(2,3)15-20(4,18)19/h6-7,15H,5,8H2,1-4H3,(H,14,17). The lowest BCUT2D eigenvalue weighted by molar-refractivity contribution is 0.0935. The van der Waals surface area contributed by atoms with E-state index in [9.17, 15) is 13.2 Å². The molecule has 1 heterocycles. The Bertz CT molecular complexity index is 593. The number of rotatable bonds is 6. The second-order valence-electron chi connectivity index (χ2n) is 5.27. The van der Waals surface area contributed by atoms with E-state index in [2.05, 4.69) is 26.0 Å². The number of nitrogens with one attached hydrogen (secondary N) is 2. The van der Waals surface area contributed by atoms with Crippen LogP contribution >= 0.6 is 15.9 Å². The molecule has 1 rings (SSSR count). The fourth-order valence-electron chi connectivity index (χ4n) is 1.86. The molecule has 0 unspecified atom stereocenters. The van der Waals surface area contributed by atoms with Gasteiger partial charge >= 0.3 is 0 Å². The molecule has 0 atom stereocenters. The average Bonchev–Trinajstić information content (AvgIpc) is 2.64. The van der Waals surface area contributed by atoms with Crippen molar-refractivity contribution in [2.45, 2.75) is 32.9 Å². The first kappa shape index (κ1) is 17.2. The lowest BCUT2D eigenvalue weighted by Crippen LogP contribution is -2.51. The van der Waals surface area contributed by atoms with Gasteiger partial charge in [-0.1, -0.05) is 0 Å². The summed E-state index contributed by atoms with van der Waals surface area (Å²) in [5.74, 6) is -0.235. The highest BCUT2D eigenvalue weighted by Crippen LogP contribution is 2.15. The molecule has 0 spiro atoms. The summed E-state index contributed by atoms with van der Waals surface area (Å²) in [5, 5.41) is 2.74. The number of aromatic nitrogens is 1. The Morgan fingerprint density at radius 2 is 2.05 bits per heavy atom. The quantitative estimate of drug-likeness (QED) is 0.797. The van der Waals surface area contributed by atoms with E-state index in [1.54, 1.807) is 19.9 Å². The second kappa shape index (κ2) is 6.28. The van der Waals surface area contributed by atoms with Gasteiger partial charge < -0.3 is 9.88 Å². The Kier molecular flexibility index (Phi) is 5.39. The normalized spacial score (nSPS) is 12.4. The van der Waals surface area contributed by atoms with Crippen LogP contribution in [0.3, 0.4) is 0 Å². The smallest absolute Gasteiger partial charge is 0.268 e. The van der Waals surface area contributed by atoms with Crippen LogP contribution in [0.15, 0.2) is 16.7 Å². The summed E-state index contributed by atoms with van der Waals surface area (Å²) in [5.41, 5.74) is -0.209. The van der Waals surface area contributed by atoms with Gasteiger partial charge in [0.05, 0.1) is 6.26 Å². The van der Waals surface area contributed by atoms with E-state index in [4.69, 9.17) is 0 Å². The first-order valence-electron chi connectivity index (χ1n) is 6.17. The van der Waals surface area contributed by atoms with E-state index in [1.807, 2.05) is 17.7 Å². The minimum atomic E-state index is -3.32. The van der Waals surface area contributed by atoms with Gasteiger partial charge in [-0.15, -0.1) is 0 Å². The van der Waals surface area contributed by atoms with Crippen LogP contribution in [0, 0.1) is 0 Å². The molecule has 1 amide bonds. The number of carbonyl (C=O) groups excluding carboxylic acids is 1. The maximum absolute atomic E-state index is 12.1. The molecule has 0 radical (unpaired) electrons. The fraction of sp³-hybridized carbons (Fsp3) is 0.583. The van der Waals surface area contributed by atoms with E-state index in [0.29, 0.717) is 12.2 Å². The summed E-state index contributed by atoms with van der Waals surface area (Å²) in [4.78, 5) is 12.1. The molecule has 20 heavy (non-hydrogen) atoms. The summed E-state index contributed by atoms with van der Waals surface area (Å²) >= 11 is 3.33. The van der Waals surface area contributed by atoms with Crippen LogP contribution in [0.5, 0.6) is 0 Å². The van der Waals surface area contributed by atoms with Crippen LogP contribution in [0.2, 0.25) is 0 Å². The van der Waals surface area contributed by atoms with E-state index < -0.39 is 15.6 Å². The summed E-state index contributed by atoms with van der Waals surface area (Å²) in [6, 6.07) is 1.73. The molecule has 0 aliphatic heterocycles. The first-order chi connectivity index (χ1) is 9.04. The van der Waals surface area contributed by atoms with E-state index in [-0.39, 0.29) is 12.5 Å². The van der Waals surface area contributed by atoms with Crippen molar-refractivity contribution in [3.63, 3.8) is 0 Å². The van der Waals surface area contributed by atoms with Crippen LogP contribution in [0.4, 0.5) is 0 Å². The van der Waals surface area contributed by atoms with E-state index in [1.165, 1.54) is 0 Å². The molecule has 0 saturated heterocycles. The summed E-state index contributed by atoms with van der Waals surface area (Å²) in [6.45, 7) is 6.25. The molecule has 0 fully saturated rings. The van der Waals surface area contributed by atoms with Crippen molar-refractivity contribution in [1.29, 1.82) is 0 Å². The maximum Gasteiger partial charge on any atom is 0.268 e. The second-order valence-corrected chi connectivity index (χ2v) is 7.93. The molecule has 2 N–H and O–H groups in total. The third-order valence-corrected chi connectivity index (χ3v) is 3.95. The van der Waals surface area contributed by atoms with Gasteiger partial charge in [0.25, 0.3) is 5.91 Å². The van der Waals surface area contributed by atoms with Crippen LogP contribution < -0.4 is 10.0 Å². The third kappa shape index (κ3) is 5.26. The Balaban J connectivity index is 2.72. The van der Waals surface area contributed by atoms with Gasteiger partial charge in [-0.25, -0.2) is 13.1 Å². The predicted octanol–water partition coefficient (Wildman–Crippen LogP) is 1.33. The van der Waals surface area contributed by atoms with Crippen LogP contribution in [-0.4, -0.2) is 37.2 Å². The SMILES string of the molecule is CCn1cc(Br)cc1C(=O)NCC(C)(C)NS(C)(=O)=O. The zero-order valence-electron chi connectivity index (χ0n) is 12.0. The zero-order chi connectivity index (χ0) is 15.6. The van der Waals surface area contributed by atoms with Gasteiger partial charge in [0.15, 0.2) is 0 Å². The van der Waals surface area contributed by atoms with Crippen molar-refractivity contribution in [2.24, 2.45) is 0 Å². The molecular weight excluding hydrogens is 346 g/mol. The molecule has 1 aromatic heterocycles. The Labute approximate surface area is 128 Å². The number of nitrogens with zero attached hydrogens (tertiary/aromatic N) is 1. The monoisotopic (exact) mass is 365 g/mol. The number of hydrogen-bond donors (Lipinski definition) is 2. The minimum absolute atomic E-state index is 0.200. The highest BCUT2D eigenvalue weighted by molar-refractivity contribution is 9.10. The number of halogens is 1. The largest absolute Gasteiger partial charge is 0.349 e. The van der Waals surface area contributed by atoms with Crippen molar-refractivity contribution in [3.8, 4) is 0 Å². The fourth-order valence-corrected chi connectivity index (χ4v) is 3.40. The Morgan fingerprint density at radius 3 is 2.55 bits per heavy atom. The van der Waals surface area contributed by atoms with Gasteiger partial charge in [0.1, 0.15) is 5.69 Å². The van der Waals surface area contributed by atoms with E-state index in [0.717, 1.165) is 10.7 Å². The third-order valence-electron chi connectivity index (χ3n) is 2.59. The number of hydrogen-bond acceptors (Lipinski definition) is 3. The lowest BCUT2D eigenvalue weighted by atomic mass is 10.1. The van der Waals surface area contributed by atoms with Gasteiger partial charge in [-0.3, -0.25) is 4.79 Å². The maximum atomic E-state index is 12.1. The van der Waals surface area contributed by atoms with E-state index >= 15 is 0 Å². The van der Waals surface area contributed by atoms with Crippen LogP contribution in [-0.2, 0) is 16.6 Å². The Hall–Kier alpha value is -0.860. The summed E-state index contributed by atoms with van der Waals surface area (Å²) in [6.07, 6.45) is 2.92.